The van der Waals surface area contributed by atoms with Crippen molar-refractivity contribution in [2.45, 2.75) is 29.5 Å². The molecule has 33 heavy (non-hydrogen) atoms. The third-order valence-corrected chi connectivity index (χ3v) is 8.65. The summed E-state index contributed by atoms with van der Waals surface area (Å²) < 4.78 is 6.69. The molecule has 1 aliphatic rings. The van der Waals surface area contributed by atoms with Crippen molar-refractivity contribution in [1.29, 1.82) is 0 Å². The summed E-state index contributed by atoms with van der Waals surface area (Å²) >= 11 is 3.60. The van der Waals surface area contributed by atoms with Crippen molar-refractivity contribution in [2.24, 2.45) is 17.6 Å². The Balaban J connectivity index is 1.34. The molecule has 1 saturated heterocycles. The number of aromatic nitrogens is 1. The number of nitrogens with zero attached hydrogens (tertiary/aromatic N) is 2. The first kappa shape index (κ1) is 24.0. The third-order valence-electron chi connectivity index (χ3n) is 6.53. The first-order valence-corrected chi connectivity index (χ1v) is 13.2. The predicted octanol–water partition coefficient (Wildman–Crippen LogP) is 4.90. The van der Waals surface area contributed by atoms with Gasteiger partial charge < -0.3 is 20.5 Å². The minimum absolute atomic E-state index is 0.150. The first-order chi connectivity index (χ1) is 16.0. The van der Waals surface area contributed by atoms with Crippen LogP contribution in [0.2, 0.25) is 0 Å². The summed E-state index contributed by atoms with van der Waals surface area (Å²) in [7, 11) is 1.65. The standard InChI is InChI=1S/C25H31N3O3S2/c1-31-18-5-7-23-20(15-18)19(8-10-27-23)22(26)6-4-17-9-11-28(16-21(17)25(29)30)12-14-33-24-3-2-13-32-24/h2-3,5,7-8,10,13,15,17,21-22H,4,6,9,11-12,14,16,26H2,1H3,(H,29,30)/t17-,21+,22?/m1/s1. The molecule has 0 aliphatic carbocycles. The lowest BCUT2D eigenvalue weighted by atomic mass is 9.81. The zero-order chi connectivity index (χ0) is 23.2. The Morgan fingerprint density at radius 2 is 2.27 bits per heavy atom. The van der Waals surface area contributed by atoms with Gasteiger partial charge in [0.25, 0.3) is 0 Å². The van der Waals surface area contributed by atoms with Crippen molar-refractivity contribution in [3.05, 3.63) is 53.5 Å². The summed E-state index contributed by atoms with van der Waals surface area (Å²) in [6, 6.07) is 11.8. The second kappa shape index (κ2) is 11.3. The fourth-order valence-electron chi connectivity index (χ4n) is 4.66. The molecular formula is C25H31N3O3S2. The van der Waals surface area contributed by atoms with Crippen LogP contribution in [0, 0.1) is 11.8 Å². The number of piperidine rings is 1. The molecular weight excluding hydrogens is 454 g/mol. The van der Waals surface area contributed by atoms with Crippen LogP contribution in [-0.2, 0) is 4.79 Å². The van der Waals surface area contributed by atoms with Crippen LogP contribution in [0.25, 0.3) is 10.9 Å². The van der Waals surface area contributed by atoms with Crippen LogP contribution < -0.4 is 10.5 Å². The van der Waals surface area contributed by atoms with Crippen LogP contribution in [0.1, 0.15) is 30.9 Å². The molecule has 3 N–H and O–H groups in total. The van der Waals surface area contributed by atoms with Crippen LogP contribution in [0.5, 0.6) is 5.75 Å². The molecule has 0 bridgehead atoms. The predicted molar refractivity (Wildman–Crippen MR) is 135 cm³/mol. The number of carboxylic acids is 1. The molecule has 3 aromatic rings. The van der Waals surface area contributed by atoms with Crippen molar-refractivity contribution in [3.63, 3.8) is 0 Å². The van der Waals surface area contributed by atoms with E-state index in [0.29, 0.717) is 6.54 Å². The number of nitrogens with two attached hydrogens (primary N) is 1. The number of fused-ring (bicyclic) bond motifs is 1. The van der Waals surface area contributed by atoms with Gasteiger partial charge in [0.05, 0.1) is 22.8 Å². The smallest absolute Gasteiger partial charge is 0.308 e. The maximum Gasteiger partial charge on any atom is 0.308 e. The van der Waals surface area contributed by atoms with E-state index in [0.717, 1.165) is 60.3 Å². The topological polar surface area (TPSA) is 88.7 Å². The van der Waals surface area contributed by atoms with Gasteiger partial charge in [-0.1, -0.05) is 6.07 Å². The minimum Gasteiger partial charge on any atom is -0.497 e. The van der Waals surface area contributed by atoms with Crippen molar-refractivity contribution >= 4 is 40.0 Å². The average molecular weight is 486 g/mol. The molecule has 3 atom stereocenters. The number of pyridine rings is 1. The average Bonchev–Trinajstić information content (AvgIpc) is 3.35. The summed E-state index contributed by atoms with van der Waals surface area (Å²) in [5, 5.41) is 13.0. The lowest BCUT2D eigenvalue weighted by molar-refractivity contribution is -0.146. The molecule has 1 aliphatic heterocycles. The molecule has 8 heteroatoms. The number of methoxy groups -OCH3 is 1. The van der Waals surface area contributed by atoms with Gasteiger partial charge in [-0.3, -0.25) is 9.78 Å². The van der Waals surface area contributed by atoms with Crippen LogP contribution in [0.3, 0.4) is 0 Å². The molecule has 1 unspecified atom stereocenters. The number of thioether (sulfide) groups is 1. The molecule has 4 rings (SSSR count). The van der Waals surface area contributed by atoms with Gasteiger partial charge in [0.15, 0.2) is 0 Å². The number of carboxylic acid groups (broad SMARTS) is 1. The van der Waals surface area contributed by atoms with Gasteiger partial charge in [-0.05, 0) is 73.0 Å². The normalized spacial score (nSPS) is 20.1. The Hall–Kier alpha value is -2.13. The molecule has 1 aromatic carbocycles. The second-order valence-electron chi connectivity index (χ2n) is 8.54. The number of rotatable bonds is 10. The van der Waals surface area contributed by atoms with E-state index in [1.807, 2.05) is 36.0 Å². The van der Waals surface area contributed by atoms with Gasteiger partial charge in [-0.25, -0.2) is 0 Å². The number of carbonyl (C=O) groups is 1. The van der Waals surface area contributed by atoms with Gasteiger partial charge in [0, 0.05) is 36.5 Å². The highest BCUT2D eigenvalue weighted by Gasteiger charge is 2.34. The number of likely N-dealkylation sites (tertiary alicyclic amines) is 1. The number of hydrogen-bond donors (Lipinski definition) is 2. The van der Waals surface area contributed by atoms with Crippen LogP contribution in [0.15, 0.2) is 52.2 Å². The minimum atomic E-state index is -0.691. The number of ether oxygens (including phenoxy) is 1. The SMILES string of the molecule is COc1ccc2nccc(C(N)CC[C@@H]3CCN(CCSc4cccs4)C[C@@H]3C(=O)O)c2c1. The monoisotopic (exact) mass is 485 g/mol. The molecule has 176 valence electrons. The molecule has 0 radical (unpaired) electrons. The van der Waals surface area contributed by atoms with E-state index in [2.05, 4.69) is 27.4 Å². The zero-order valence-electron chi connectivity index (χ0n) is 18.9. The van der Waals surface area contributed by atoms with E-state index in [1.54, 1.807) is 24.6 Å². The highest BCUT2D eigenvalue weighted by atomic mass is 32.2. The molecule has 0 saturated carbocycles. The Kier molecular flexibility index (Phi) is 8.25. The summed E-state index contributed by atoms with van der Waals surface area (Å²) in [6.45, 7) is 2.49. The van der Waals surface area contributed by atoms with E-state index in [4.69, 9.17) is 10.5 Å². The first-order valence-electron chi connectivity index (χ1n) is 11.3. The number of thiophene rings is 1. The summed E-state index contributed by atoms with van der Waals surface area (Å²) in [5.41, 5.74) is 8.53. The third kappa shape index (κ3) is 6.06. The lowest BCUT2D eigenvalue weighted by Gasteiger charge is -2.37. The zero-order valence-corrected chi connectivity index (χ0v) is 20.5. The van der Waals surface area contributed by atoms with E-state index >= 15 is 0 Å². The Labute approximate surface area is 203 Å². The maximum absolute atomic E-state index is 12.0. The van der Waals surface area contributed by atoms with Crippen molar-refractivity contribution in [1.82, 2.24) is 9.88 Å². The lowest BCUT2D eigenvalue weighted by Crippen LogP contribution is -2.44. The van der Waals surface area contributed by atoms with Gasteiger partial charge in [-0.2, -0.15) is 0 Å². The van der Waals surface area contributed by atoms with Gasteiger partial charge in [-0.15, -0.1) is 23.1 Å². The fraction of sp³-hybridized carbons (Fsp3) is 0.440. The molecule has 1 fully saturated rings. The number of hydrogen-bond acceptors (Lipinski definition) is 7. The largest absolute Gasteiger partial charge is 0.497 e. The van der Waals surface area contributed by atoms with Crippen molar-refractivity contribution in [2.75, 3.05) is 32.5 Å². The van der Waals surface area contributed by atoms with Gasteiger partial charge in [0.1, 0.15) is 5.75 Å². The van der Waals surface area contributed by atoms with Crippen LogP contribution in [-0.4, -0.2) is 53.5 Å². The molecule has 3 heterocycles. The summed E-state index contributed by atoms with van der Waals surface area (Å²) in [5.74, 6) is 0.883. The van der Waals surface area contributed by atoms with E-state index in [1.165, 1.54) is 4.21 Å². The van der Waals surface area contributed by atoms with Gasteiger partial charge in [0.2, 0.25) is 0 Å². The molecule has 2 aromatic heterocycles. The van der Waals surface area contributed by atoms with E-state index in [-0.39, 0.29) is 17.9 Å². The Morgan fingerprint density at radius 1 is 1.39 bits per heavy atom. The highest BCUT2D eigenvalue weighted by molar-refractivity contribution is 8.01. The number of benzene rings is 1. The van der Waals surface area contributed by atoms with Crippen molar-refractivity contribution in [3.8, 4) is 5.75 Å². The summed E-state index contributed by atoms with van der Waals surface area (Å²) in [4.78, 5) is 18.8. The highest BCUT2D eigenvalue weighted by Crippen LogP contribution is 2.33. The van der Waals surface area contributed by atoms with E-state index in [9.17, 15) is 9.90 Å². The quantitative estimate of drug-likeness (QED) is 0.395. The van der Waals surface area contributed by atoms with E-state index < -0.39 is 5.97 Å². The van der Waals surface area contributed by atoms with Crippen LogP contribution >= 0.6 is 23.1 Å². The fourth-order valence-corrected chi connectivity index (χ4v) is 6.53. The molecule has 6 nitrogen and oxygen atoms in total. The maximum atomic E-state index is 12.0. The Morgan fingerprint density at radius 3 is 3.03 bits per heavy atom. The summed E-state index contributed by atoms with van der Waals surface area (Å²) in [6.07, 6.45) is 4.25. The number of aliphatic carboxylic acids is 1. The van der Waals surface area contributed by atoms with Gasteiger partial charge >= 0.3 is 5.97 Å². The Bertz CT molecular complexity index is 1060. The molecule has 0 spiro atoms. The van der Waals surface area contributed by atoms with Crippen molar-refractivity contribution < 1.29 is 14.6 Å². The molecule has 0 amide bonds. The second-order valence-corrected chi connectivity index (χ2v) is 10.9. The van der Waals surface area contributed by atoms with Crippen LogP contribution in [0.4, 0.5) is 0 Å².